The van der Waals surface area contributed by atoms with Gasteiger partial charge in [0.15, 0.2) is 0 Å². The molecule has 0 spiro atoms. The fourth-order valence-corrected chi connectivity index (χ4v) is 3.74. The van der Waals surface area contributed by atoms with Crippen molar-refractivity contribution < 1.29 is 9.84 Å². The molecule has 1 aliphatic rings. The maximum atomic E-state index is 10.6. The van der Waals surface area contributed by atoms with E-state index in [1.165, 1.54) is 21.2 Å². The highest BCUT2D eigenvalue weighted by Gasteiger charge is 2.17. The number of thiophene rings is 1. The molecule has 0 saturated heterocycles. The Balaban J connectivity index is 1.74. The zero-order valence-electron chi connectivity index (χ0n) is 10.9. The van der Waals surface area contributed by atoms with Crippen molar-refractivity contribution in [1.29, 1.82) is 0 Å². The van der Waals surface area contributed by atoms with Crippen molar-refractivity contribution in [3.63, 3.8) is 0 Å². The molecule has 2 nitrogen and oxygen atoms in total. The number of rotatable bonds is 2. The average Bonchev–Trinajstić information content (AvgIpc) is 3.11. The number of benzene rings is 2. The minimum Gasteiger partial charge on any atom is -0.383 e. The highest BCUT2D eigenvalue weighted by molar-refractivity contribution is 7.19. The molecule has 3 heteroatoms. The Labute approximate surface area is 121 Å². The summed E-state index contributed by atoms with van der Waals surface area (Å²) in [6.07, 6.45) is -0.557. The molecule has 1 aliphatic heterocycles. The van der Waals surface area contributed by atoms with Crippen LogP contribution in [0.3, 0.4) is 0 Å². The lowest BCUT2D eigenvalue weighted by molar-refractivity contribution is 0.134. The second-order valence-electron chi connectivity index (χ2n) is 5.11. The van der Waals surface area contributed by atoms with E-state index >= 15 is 0 Å². The molecule has 0 amide bonds. The van der Waals surface area contributed by atoms with Gasteiger partial charge < -0.3 is 9.84 Å². The van der Waals surface area contributed by atoms with E-state index in [2.05, 4.69) is 30.3 Å². The summed E-state index contributed by atoms with van der Waals surface area (Å²) < 4.78 is 6.64. The fraction of sp³-hybridized carbons (Fsp3) is 0.176. The minimum absolute atomic E-state index is 0.557. The van der Waals surface area contributed by atoms with E-state index in [0.29, 0.717) is 13.2 Å². The van der Waals surface area contributed by atoms with Crippen LogP contribution in [0.15, 0.2) is 48.5 Å². The van der Waals surface area contributed by atoms with Crippen molar-refractivity contribution in [3.8, 4) is 0 Å². The minimum atomic E-state index is -0.557. The Morgan fingerprint density at radius 2 is 1.85 bits per heavy atom. The van der Waals surface area contributed by atoms with E-state index in [-0.39, 0.29) is 0 Å². The normalized spacial score (nSPS) is 15.4. The molecule has 0 aliphatic carbocycles. The van der Waals surface area contributed by atoms with E-state index in [4.69, 9.17) is 4.74 Å². The van der Waals surface area contributed by atoms with Crippen molar-refractivity contribution in [1.82, 2.24) is 0 Å². The third kappa shape index (κ3) is 1.95. The van der Waals surface area contributed by atoms with Gasteiger partial charge in [-0.1, -0.05) is 36.4 Å². The summed E-state index contributed by atoms with van der Waals surface area (Å²) in [6.45, 7) is 1.34. The standard InChI is InChI=1S/C17H14O2S/c18-17(12-5-6-13-9-19-10-14(13)7-12)16-8-11-3-1-2-4-15(11)20-16/h1-8,17-18H,9-10H2. The van der Waals surface area contributed by atoms with E-state index in [1.54, 1.807) is 11.3 Å². The van der Waals surface area contributed by atoms with Crippen molar-refractivity contribution in [2.24, 2.45) is 0 Å². The SMILES string of the molecule is OC(c1ccc2c(c1)COC2)c1cc2ccccc2s1. The van der Waals surface area contributed by atoms with Crippen molar-refractivity contribution in [2.75, 3.05) is 0 Å². The van der Waals surface area contributed by atoms with Crippen LogP contribution < -0.4 is 0 Å². The summed E-state index contributed by atoms with van der Waals surface area (Å²) in [6, 6.07) is 16.4. The lowest BCUT2D eigenvalue weighted by Gasteiger charge is -2.10. The van der Waals surface area contributed by atoms with Gasteiger partial charge in [-0.25, -0.2) is 0 Å². The number of aliphatic hydroxyl groups is 1. The molecule has 0 saturated carbocycles. The third-order valence-corrected chi connectivity index (χ3v) is 4.94. The maximum absolute atomic E-state index is 10.6. The zero-order chi connectivity index (χ0) is 13.5. The van der Waals surface area contributed by atoms with Crippen LogP contribution in [0.2, 0.25) is 0 Å². The lowest BCUT2D eigenvalue weighted by Crippen LogP contribution is -1.98. The molecule has 4 rings (SSSR count). The summed E-state index contributed by atoms with van der Waals surface area (Å²) in [5.41, 5.74) is 3.38. The van der Waals surface area contributed by atoms with Crippen LogP contribution in [0, 0.1) is 0 Å². The van der Waals surface area contributed by atoms with E-state index in [9.17, 15) is 5.11 Å². The van der Waals surface area contributed by atoms with Crippen molar-refractivity contribution >= 4 is 21.4 Å². The van der Waals surface area contributed by atoms with Gasteiger partial charge in [0.2, 0.25) is 0 Å². The van der Waals surface area contributed by atoms with Crippen LogP contribution in [-0.4, -0.2) is 5.11 Å². The Morgan fingerprint density at radius 3 is 2.75 bits per heavy atom. The second-order valence-corrected chi connectivity index (χ2v) is 6.23. The van der Waals surface area contributed by atoms with Crippen LogP contribution in [0.25, 0.3) is 10.1 Å². The summed E-state index contributed by atoms with van der Waals surface area (Å²) >= 11 is 1.65. The van der Waals surface area contributed by atoms with Crippen molar-refractivity contribution in [3.05, 3.63) is 70.1 Å². The van der Waals surface area contributed by atoms with Gasteiger partial charge in [-0.2, -0.15) is 0 Å². The first kappa shape index (κ1) is 12.1. The van der Waals surface area contributed by atoms with Crippen LogP contribution in [0.5, 0.6) is 0 Å². The molecule has 1 aromatic heterocycles. The molecule has 0 radical (unpaired) electrons. The van der Waals surface area contributed by atoms with Gasteiger partial charge in [-0.05, 0) is 34.2 Å². The number of ether oxygens (including phenoxy) is 1. The van der Waals surface area contributed by atoms with Gasteiger partial charge in [0.25, 0.3) is 0 Å². The monoisotopic (exact) mass is 282 g/mol. The summed E-state index contributed by atoms with van der Waals surface area (Å²) in [5.74, 6) is 0. The third-order valence-electron chi connectivity index (χ3n) is 3.78. The van der Waals surface area contributed by atoms with Crippen LogP contribution in [0.1, 0.15) is 27.7 Å². The Kier molecular flexibility index (Phi) is 2.84. The topological polar surface area (TPSA) is 29.5 Å². The van der Waals surface area contributed by atoms with Crippen LogP contribution in [-0.2, 0) is 18.0 Å². The van der Waals surface area contributed by atoms with Gasteiger partial charge in [-0.3, -0.25) is 0 Å². The predicted molar refractivity (Wildman–Crippen MR) is 80.8 cm³/mol. The molecule has 3 aromatic rings. The predicted octanol–water partition coefficient (Wildman–Crippen LogP) is 4.01. The van der Waals surface area contributed by atoms with Gasteiger partial charge in [0, 0.05) is 9.58 Å². The summed E-state index contributed by atoms with van der Waals surface area (Å²) in [5, 5.41) is 11.8. The first-order valence-corrected chi connectivity index (χ1v) is 7.49. The molecule has 2 aromatic carbocycles. The summed E-state index contributed by atoms with van der Waals surface area (Å²) in [7, 11) is 0. The molecule has 20 heavy (non-hydrogen) atoms. The largest absolute Gasteiger partial charge is 0.383 e. The summed E-state index contributed by atoms with van der Waals surface area (Å²) in [4.78, 5) is 0.991. The fourth-order valence-electron chi connectivity index (χ4n) is 2.66. The molecular formula is C17H14O2S. The molecule has 1 N–H and O–H groups in total. The van der Waals surface area contributed by atoms with Gasteiger partial charge in [0.1, 0.15) is 6.10 Å². The van der Waals surface area contributed by atoms with Gasteiger partial charge in [0.05, 0.1) is 13.2 Å². The van der Waals surface area contributed by atoms with Gasteiger partial charge >= 0.3 is 0 Å². The maximum Gasteiger partial charge on any atom is 0.113 e. The highest BCUT2D eigenvalue weighted by atomic mass is 32.1. The zero-order valence-corrected chi connectivity index (χ0v) is 11.7. The van der Waals surface area contributed by atoms with Crippen molar-refractivity contribution in [2.45, 2.75) is 19.3 Å². The molecular weight excluding hydrogens is 268 g/mol. The van der Waals surface area contributed by atoms with E-state index < -0.39 is 6.10 Å². The van der Waals surface area contributed by atoms with Crippen LogP contribution >= 0.6 is 11.3 Å². The Hall–Kier alpha value is -1.68. The Bertz CT molecular complexity index is 743. The molecule has 0 bridgehead atoms. The number of fused-ring (bicyclic) bond motifs is 2. The molecule has 2 heterocycles. The number of hydrogen-bond donors (Lipinski definition) is 1. The second kappa shape index (κ2) is 4.70. The van der Waals surface area contributed by atoms with Crippen LogP contribution in [0.4, 0.5) is 0 Å². The molecule has 1 unspecified atom stereocenters. The van der Waals surface area contributed by atoms with E-state index in [0.717, 1.165) is 10.4 Å². The quantitative estimate of drug-likeness (QED) is 0.769. The molecule has 100 valence electrons. The number of aliphatic hydroxyl groups excluding tert-OH is 1. The molecule has 1 atom stereocenters. The number of hydrogen-bond acceptors (Lipinski definition) is 3. The average molecular weight is 282 g/mol. The Morgan fingerprint density at radius 1 is 1.00 bits per heavy atom. The smallest absolute Gasteiger partial charge is 0.113 e. The van der Waals surface area contributed by atoms with Gasteiger partial charge in [-0.15, -0.1) is 11.3 Å². The molecule has 0 fully saturated rings. The highest BCUT2D eigenvalue weighted by Crippen LogP contribution is 2.34. The van der Waals surface area contributed by atoms with E-state index in [1.807, 2.05) is 18.2 Å². The first-order chi connectivity index (χ1) is 9.81. The lowest BCUT2D eigenvalue weighted by atomic mass is 10.0. The first-order valence-electron chi connectivity index (χ1n) is 6.67.